The summed E-state index contributed by atoms with van der Waals surface area (Å²) in [5.41, 5.74) is 8.24. The molecule has 5 heteroatoms. The summed E-state index contributed by atoms with van der Waals surface area (Å²) in [6.45, 7) is 2.04. The highest BCUT2D eigenvalue weighted by Crippen LogP contribution is 2.15. The molecule has 78 valence electrons. The van der Waals surface area contributed by atoms with E-state index in [9.17, 15) is 0 Å². The molecule has 0 aliphatic rings. The Morgan fingerprint density at radius 3 is 2.47 bits per heavy atom. The van der Waals surface area contributed by atoms with Crippen LogP contribution in [0.15, 0.2) is 24.3 Å². The number of benzene rings is 1. The van der Waals surface area contributed by atoms with E-state index in [1.165, 1.54) is 5.56 Å². The van der Waals surface area contributed by atoms with E-state index in [2.05, 4.69) is 15.2 Å². The van der Waals surface area contributed by atoms with E-state index in [1.54, 1.807) is 0 Å². The van der Waals surface area contributed by atoms with Crippen molar-refractivity contribution in [3.63, 3.8) is 0 Å². The molecule has 0 bridgehead atoms. The predicted molar refractivity (Wildman–Crippen MR) is 61.0 cm³/mol. The zero-order chi connectivity index (χ0) is 10.8. The van der Waals surface area contributed by atoms with Crippen molar-refractivity contribution in [1.29, 1.82) is 0 Å². The Labute approximate surface area is 92.5 Å². The lowest BCUT2D eigenvalue weighted by atomic mass is 10.1. The fourth-order valence-electron chi connectivity index (χ4n) is 1.36. The molecular formula is C10H12N4S. The van der Waals surface area contributed by atoms with Crippen LogP contribution < -0.4 is 5.73 Å². The minimum atomic E-state index is -0.265. The van der Waals surface area contributed by atoms with Gasteiger partial charge in [0.15, 0.2) is 0 Å². The monoisotopic (exact) mass is 220 g/mol. The summed E-state index contributed by atoms with van der Waals surface area (Å²) in [4.78, 5) is 4.09. The van der Waals surface area contributed by atoms with Gasteiger partial charge in [-0.2, -0.15) is 0 Å². The highest BCUT2D eigenvalue weighted by Gasteiger charge is 2.11. The van der Waals surface area contributed by atoms with Crippen molar-refractivity contribution in [1.82, 2.24) is 15.2 Å². The van der Waals surface area contributed by atoms with Gasteiger partial charge in [0.25, 0.3) is 0 Å². The molecule has 0 amide bonds. The number of aromatic nitrogens is 3. The first kappa shape index (κ1) is 10.1. The van der Waals surface area contributed by atoms with Gasteiger partial charge in [-0.15, -0.1) is 0 Å². The van der Waals surface area contributed by atoms with E-state index in [0.717, 1.165) is 5.56 Å². The number of H-pyrrole nitrogens is 2. The number of aromatic amines is 2. The minimum Gasteiger partial charge on any atom is -0.318 e. The lowest BCUT2D eigenvalue weighted by Gasteiger charge is -2.08. The first-order chi connectivity index (χ1) is 7.16. The molecule has 0 saturated carbocycles. The van der Waals surface area contributed by atoms with Crippen molar-refractivity contribution >= 4 is 12.2 Å². The van der Waals surface area contributed by atoms with E-state index in [0.29, 0.717) is 10.6 Å². The standard InChI is InChI=1S/C10H12N4S/c1-6-2-4-7(5-3-6)8(11)9-12-10(15)14-13-9/h2-5,8H,11H2,1H3,(H2,12,13,14,15). The Kier molecular flexibility index (Phi) is 2.66. The smallest absolute Gasteiger partial charge is 0.213 e. The third kappa shape index (κ3) is 2.14. The van der Waals surface area contributed by atoms with Crippen LogP contribution in [0, 0.1) is 11.7 Å². The molecule has 0 saturated heterocycles. The summed E-state index contributed by atoms with van der Waals surface area (Å²) in [5, 5.41) is 5.58. The summed E-state index contributed by atoms with van der Waals surface area (Å²) in [6.07, 6.45) is 0. The van der Waals surface area contributed by atoms with Crippen molar-refractivity contribution in [3.05, 3.63) is 46.0 Å². The summed E-state index contributed by atoms with van der Waals surface area (Å²) < 4.78 is 0.424. The molecule has 1 aromatic carbocycles. The van der Waals surface area contributed by atoms with Gasteiger partial charge in [-0.05, 0) is 24.7 Å². The van der Waals surface area contributed by atoms with Gasteiger partial charge in [-0.3, -0.25) is 10.2 Å². The maximum atomic E-state index is 6.02. The van der Waals surface area contributed by atoms with Crippen molar-refractivity contribution in [2.75, 3.05) is 0 Å². The van der Waals surface area contributed by atoms with Crippen molar-refractivity contribution < 1.29 is 0 Å². The minimum absolute atomic E-state index is 0.265. The van der Waals surface area contributed by atoms with Gasteiger partial charge >= 0.3 is 0 Å². The summed E-state index contributed by atoms with van der Waals surface area (Å²) in [6, 6.07) is 7.77. The van der Waals surface area contributed by atoms with Crippen molar-refractivity contribution in [3.8, 4) is 0 Å². The van der Waals surface area contributed by atoms with E-state index >= 15 is 0 Å². The number of nitrogens with two attached hydrogens (primary N) is 1. The second-order valence-electron chi connectivity index (χ2n) is 3.44. The molecule has 1 atom stereocenters. The van der Waals surface area contributed by atoms with Crippen LogP contribution in [0.3, 0.4) is 0 Å². The molecule has 4 N–H and O–H groups in total. The Morgan fingerprint density at radius 1 is 1.27 bits per heavy atom. The van der Waals surface area contributed by atoms with Crippen LogP contribution in [0.25, 0.3) is 0 Å². The van der Waals surface area contributed by atoms with Gasteiger partial charge in [-0.1, -0.05) is 29.8 Å². The number of nitrogens with one attached hydrogen (secondary N) is 2. The zero-order valence-corrected chi connectivity index (χ0v) is 9.14. The normalized spacial score (nSPS) is 12.7. The Balaban J connectivity index is 2.31. The summed E-state index contributed by atoms with van der Waals surface area (Å²) in [7, 11) is 0. The number of rotatable bonds is 2. The van der Waals surface area contributed by atoms with E-state index in [-0.39, 0.29) is 6.04 Å². The second-order valence-corrected chi connectivity index (χ2v) is 3.83. The highest BCUT2D eigenvalue weighted by molar-refractivity contribution is 7.71. The average Bonchev–Trinajstić information content (AvgIpc) is 2.65. The summed E-state index contributed by atoms with van der Waals surface area (Å²) in [5.74, 6) is 0.656. The maximum Gasteiger partial charge on any atom is 0.213 e. The average molecular weight is 220 g/mol. The first-order valence-electron chi connectivity index (χ1n) is 4.63. The van der Waals surface area contributed by atoms with Gasteiger partial charge in [-0.25, -0.2) is 4.98 Å². The third-order valence-corrected chi connectivity index (χ3v) is 2.44. The molecule has 0 aliphatic carbocycles. The molecule has 1 aromatic heterocycles. The van der Waals surface area contributed by atoms with Gasteiger partial charge in [0, 0.05) is 0 Å². The van der Waals surface area contributed by atoms with E-state index in [1.807, 2.05) is 31.2 Å². The fourth-order valence-corrected chi connectivity index (χ4v) is 1.51. The van der Waals surface area contributed by atoms with Crippen molar-refractivity contribution in [2.45, 2.75) is 13.0 Å². The van der Waals surface area contributed by atoms with Crippen LogP contribution in [-0.2, 0) is 0 Å². The molecule has 1 heterocycles. The van der Waals surface area contributed by atoms with Crippen LogP contribution in [0.4, 0.5) is 0 Å². The Morgan fingerprint density at radius 2 is 1.93 bits per heavy atom. The number of hydrogen-bond acceptors (Lipinski definition) is 3. The van der Waals surface area contributed by atoms with Crippen molar-refractivity contribution in [2.24, 2.45) is 5.73 Å². The zero-order valence-electron chi connectivity index (χ0n) is 8.32. The number of aryl methyl sites for hydroxylation is 1. The van der Waals surface area contributed by atoms with E-state index < -0.39 is 0 Å². The lowest BCUT2D eigenvalue weighted by Crippen LogP contribution is -2.13. The lowest BCUT2D eigenvalue weighted by molar-refractivity contribution is 0.787. The van der Waals surface area contributed by atoms with Gasteiger partial charge in [0.05, 0.1) is 6.04 Å². The number of hydrogen-bond donors (Lipinski definition) is 3. The first-order valence-corrected chi connectivity index (χ1v) is 5.04. The van der Waals surface area contributed by atoms with Crippen LogP contribution in [-0.4, -0.2) is 15.2 Å². The predicted octanol–water partition coefficient (Wildman–Crippen LogP) is 1.82. The molecule has 0 radical (unpaired) electrons. The fraction of sp³-hybridized carbons (Fsp3) is 0.200. The Hall–Kier alpha value is -1.46. The third-order valence-electron chi connectivity index (χ3n) is 2.25. The highest BCUT2D eigenvalue weighted by atomic mass is 32.1. The van der Waals surface area contributed by atoms with E-state index in [4.69, 9.17) is 18.0 Å². The van der Waals surface area contributed by atoms with Crippen LogP contribution >= 0.6 is 12.2 Å². The SMILES string of the molecule is Cc1ccc(C(N)c2nc(=S)[nH][nH]2)cc1. The molecule has 0 aliphatic heterocycles. The molecule has 4 nitrogen and oxygen atoms in total. The molecule has 15 heavy (non-hydrogen) atoms. The number of nitrogens with zero attached hydrogens (tertiary/aromatic N) is 1. The quantitative estimate of drug-likeness (QED) is 0.676. The molecule has 0 spiro atoms. The van der Waals surface area contributed by atoms with Crippen LogP contribution in [0.2, 0.25) is 0 Å². The van der Waals surface area contributed by atoms with Gasteiger partial charge in [0.2, 0.25) is 4.77 Å². The van der Waals surface area contributed by atoms with Gasteiger partial charge < -0.3 is 5.73 Å². The second kappa shape index (κ2) is 3.96. The van der Waals surface area contributed by atoms with Crippen LogP contribution in [0.1, 0.15) is 23.0 Å². The molecule has 2 rings (SSSR count). The maximum absolute atomic E-state index is 6.02. The summed E-state index contributed by atoms with van der Waals surface area (Å²) >= 11 is 4.87. The molecule has 1 unspecified atom stereocenters. The topological polar surface area (TPSA) is 70.5 Å². The largest absolute Gasteiger partial charge is 0.318 e. The molecule has 0 fully saturated rings. The van der Waals surface area contributed by atoms with Crippen LogP contribution in [0.5, 0.6) is 0 Å². The molecular weight excluding hydrogens is 208 g/mol. The molecule has 2 aromatic rings. The van der Waals surface area contributed by atoms with Gasteiger partial charge in [0.1, 0.15) is 5.82 Å². The Bertz CT molecular complexity index is 497.